The van der Waals surface area contributed by atoms with E-state index in [0.717, 1.165) is 32.0 Å². The fraction of sp³-hybridized carbons (Fsp3) is 0.750. The van der Waals surface area contributed by atoms with Gasteiger partial charge in [0.15, 0.2) is 5.69 Å². The number of hydrogen-bond donors (Lipinski definition) is 2. The topological polar surface area (TPSA) is 89.1 Å². The zero-order chi connectivity index (χ0) is 13.7. The predicted molar refractivity (Wildman–Crippen MR) is 71.1 cm³/mol. The minimum Gasteiger partial charge on any atom is -0.301 e. The van der Waals surface area contributed by atoms with Crippen molar-refractivity contribution in [2.24, 2.45) is 11.8 Å². The van der Waals surface area contributed by atoms with Gasteiger partial charge in [0, 0.05) is 13.1 Å². The molecular weight excluding hydrogens is 244 g/mol. The zero-order valence-corrected chi connectivity index (χ0v) is 11.4. The van der Waals surface area contributed by atoms with E-state index in [1.807, 2.05) is 5.43 Å². The molecule has 7 nitrogen and oxygen atoms in total. The number of carbonyl (C=O) groups is 1. The molecule has 0 spiro atoms. The number of nitrogens with one attached hydrogen (secondary N) is 1. The molecule has 0 radical (unpaired) electrons. The van der Waals surface area contributed by atoms with E-state index in [4.69, 9.17) is 5.84 Å². The fourth-order valence-electron chi connectivity index (χ4n) is 2.11. The number of carbonyl (C=O) groups excluding carboxylic acids is 1. The van der Waals surface area contributed by atoms with Gasteiger partial charge < -0.3 is 4.90 Å². The van der Waals surface area contributed by atoms with Gasteiger partial charge in [-0.1, -0.05) is 12.1 Å². The molecule has 0 aromatic carbocycles. The first-order valence-corrected chi connectivity index (χ1v) is 6.86. The van der Waals surface area contributed by atoms with Crippen LogP contribution in [-0.4, -0.2) is 45.4 Å². The lowest BCUT2D eigenvalue weighted by Gasteiger charge is -2.21. The molecule has 0 atom stereocenters. The predicted octanol–water partition coefficient (Wildman–Crippen LogP) is 0.00360. The van der Waals surface area contributed by atoms with Gasteiger partial charge in [-0.15, -0.1) is 5.10 Å². The Bertz CT molecular complexity index is 414. The van der Waals surface area contributed by atoms with E-state index in [1.165, 1.54) is 19.4 Å². The second-order valence-electron chi connectivity index (χ2n) is 5.08. The minimum absolute atomic E-state index is 0.256. The third kappa shape index (κ3) is 4.29. The number of amides is 1. The maximum absolute atomic E-state index is 11.3. The molecule has 1 heterocycles. The first kappa shape index (κ1) is 14.0. The maximum atomic E-state index is 11.3. The van der Waals surface area contributed by atoms with E-state index < -0.39 is 5.91 Å². The van der Waals surface area contributed by atoms with E-state index in [-0.39, 0.29) is 5.69 Å². The lowest BCUT2D eigenvalue weighted by molar-refractivity contribution is 0.0948. The van der Waals surface area contributed by atoms with E-state index in [1.54, 1.807) is 10.9 Å². The largest absolute Gasteiger partial charge is 0.301 e. The molecule has 1 aromatic heterocycles. The number of nitrogens with two attached hydrogens (primary N) is 1. The summed E-state index contributed by atoms with van der Waals surface area (Å²) in [6.07, 6.45) is 5.52. The molecule has 0 saturated heterocycles. The number of rotatable bonds is 8. The van der Waals surface area contributed by atoms with Crippen molar-refractivity contribution < 1.29 is 4.79 Å². The Morgan fingerprint density at radius 3 is 3.00 bits per heavy atom. The van der Waals surface area contributed by atoms with Crippen molar-refractivity contribution in [2.75, 3.05) is 19.6 Å². The summed E-state index contributed by atoms with van der Waals surface area (Å²) in [4.78, 5) is 13.7. The number of aromatic nitrogens is 3. The second kappa shape index (κ2) is 6.63. The van der Waals surface area contributed by atoms with Crippen LogP contribution in [0.1, 0.15) is 36.7 Å². The highest BCUT2D eigenvalue weighted by molar-refractivity contribution is 5.91. The van der Waals surface area contributed by atoms with Crippen LogP contribution >= 0.6 is 0 Å². The van der Waals surface area contributed by atoms with Crippen molar-refractivity contribution in [3.8, 4) is 0 Å². The van der Waals surface area contributed by atoms with Crippen LogP contribution in [0, 0.1) is 5.92 Å². The highest BCUT2D eigenvalue weighted by Gasteiger charge is 2.23. The van der Waals surface area contributed by atoms with Crippen LogP contribution in [-0.2, 0) is 6.54 Å². The Morgan fingerprint density at radius 1 is 1.58 bits per heavy atom. The molecule has 1 saturated carbocycles. The van der Waals surface area contributed by atoms with Crippen molar-refractivity contribution in [1.82, 2.24) is 25.3 Å². The first-order valence-electron chi connectivity index (χ1n) is 6.86. The fourth-order valence-corrected chi connectivity index (χ4v) is 2.11. The first-order chi connectivity index (χ1) is 9.22. The minimum atomic E-state index is -0.408. The summed E-state index contributed by atoms with van der Waals surface area (Å²) in [5, 5.41) is 7.72. The average molecular weight is 266 g/mol. The van der Waals surface area contributed by atoms with Crippen LogP contribution in [0.3, 0.4) is 0 Å². The Labute approximate surface area is 113 Å². The summed E-state index contributed by atoms with van der Waals surface area (Å²) < 4.78 is 1.69. The monoisotopic (exact) mass is 266 g/mol. The maximum Gasteiger partial charge on any atom is 0.287 e. The summed E-state index contributed by atoms with van der Waals surface area (Å²) in [5.41, 5.74) is 2.31. The summed E-state index contributed by atoms with van der Waals surface area (Å²) in [6, 6.07) is 0. The van der Waals surface area contributed by atoms with Gasteiger partial charge in [0.2, 0.25) is 0 Å². The van der Waals surface area contributed by atoms with Gasteiger partial charge in [-0.05, 0) is 31.7 Å². The van der Waals surface area contributed by atoms with Crippen LogP contribution in [0.5, 0.6) is 0 Å². The molecule has 1 amide bonds. The highest BCUT2D eigenvalue weighted by Crippen LogP contribution is 2.29. The molecule has 1 aromatic rings. The van der Waals surface area contributed by atoms with E-state index in [9.17, 15) is 4.79 Å². The van der Waals surface area contributed by atoms with E-state index >= 15 is 0 Å². The Kier molecular flexibility index (Phi) is 4.86. The Morgan fingerprint density at radius 2 is 2.37 bits per heavy atom. The molecule has 106 valence electrons. The molecule has 7 heteroatoms. The van der Waals surface area contributed by atoms with Crippen LogP contribution in [0.15, 0.2) is 6.20 Å². The number of nitrogen functional groups attached to an aromatic ring is 1. The molecular formula is C12H22N6O. The summed E-state index contributed by atoms with van der Waals surface area (Å²) in [6.45, 7) is 6.17. The van der Waals surface area contributed by atoms with Crippen LogP contribution in [0.4, 0.5) is 0 Å². The van der Waals surface area contributed by atoms with Crippen molar-refractivity contribution in [3.63, 3.8) is 0 Å². The quantitative estimate of drug-likeness (QED) is 0.393. The van der Waals surface area contributed by atoms with Gasteiger partial charge in [0.1, 0.15) is 0 Å². The van der Waals surface area contributed by atoms with E-state index in [0.29, 0.717) is 0 Å². The van der Waals surface area contributed by atoms with Gasteiger partial charge in [0.05, 0.1) is 12.7 Å². The normalized spacial score (nSPS) is 14.9. The summed E-state index contributed by atoms with van der Waals surface area (Å²) >= 11 is 0. The smallest absolute Gasteiger partial charge is 0.287 e. The standard InChI is InChI=1S/C12H22N6O/c1-2-5-17(8-10-3-4-10)6-7-18-9-11(15-16-18)12(19)14-13/h9-10H,2-8,13H2,1H3,(H,14,19). The van der Waals surface area contributed by atoms with Crippen molar-refractivity contribution in [3.05, 3.63) is 11.9 Å². The summed E-state index contributed by atoms with van der Waals surface area (Å²) in [7, 11) is 0. The molecule has 0 bridgehead atoms. The zero-order valence-electron chi connectivity index (χ0n) is 11.4. The second-order valence-corrected chi connectivity index (χ2v) is 5.08. The van der Waals surface area contributed by atoms with Gasteiger partial charge in [-0.2, -0.15) is 0 Å². The van der Waals surface area contributed by atoms with Crippen molar-refractivity contribution >= 4 is 5.91 Å². The highest BCUT2D eigenvalue weighted by atomic mass is 16.2. The third-order valence-corrected chi connectivity index (χ3v) is 3.30. The van der Waals surface area contributed by atoms with Crippen LogP contribution in [0.25, 0.3) is 0 Å². The lowest BCUT2D eigenvalue weighted by atomic mass is 10.3. The molecule has 19 heavy (non-hydrogen) atoms. The summed E-state index contributed by atoms with van der Waals surface area (Å²) in [5.74, 6) is 5.53. The number of hydrazine groups is 1. The molecule has 1 aliphatic carbocycles. The van der Waals surface area contributed by atoms with Crippen molar-refractivity contribution in [1.29, 1.82) is 0 Å². The third-order valence-electron chi connectivity index (χ3n) is 3.30. The number of hydrogen-bond acceptors (Lipinski definition) is 5. The lowest BCUT2D eigenvalue weighted by Crippen LogP contribution is -2.31. The molecule has 2 rings (SSSR count). The van der Waals surface area contributed by atoms with Gasteiger partial charge in [-0.25, -0.2) is 5.84 Å². The van der Waals surface area contributed by atoms with Gasteiger partial charge in [0.25, 0.3) is 5.91 Å². The Hall–Kier alpha value is -1.47. The molecule has 1 fully saturated rings. The SMILES string of the molecule is CCCN(CCn1cc(C(=O)NN)nn1)CC1CC1. The molecule has 0 unspecified atom stereocenters. The Balaban J connectivity index is 1.81. The molecule has 0 aliphatic heterocycles. The molecule has 3 N–H and O–H groups in total. The van der Waals surface area contributed by atoms with Gasteiger partial charge in [-0.3, -0.25) is 14.9 Å². The molecule has 1 aliphatic rings. The number of nitrogens with zero attached hydrogens (tertiary/aromatic N) is 4. The average Bonchev–Trinajstić information content (AvgIpc) is 3.10. The van der Waals surface area contributed by atoms with Crippen LogP contribution in [0.2, 0.25) is 0 Å². The van der Waals surface area contributed by atoms with Crippen molar-refractivity contribution in [2.45, 2.75) is 32.7 Å². The van der Waals surface area contributed by atoms with Gasteiger partial charge >= 0.3 is 0 Å². The van der Waals surface area contributed by atoms with E-state index in [2.05, 4.69) is 22.1 Å². The van der Waals surface area contributed by atoms with Crippen LogP contribution < -0.4 is 11.3 Å².